The van der Waals surface area contributed by atoms with Gasteiger partial charge in [0.05, 0.1) is 6.20 Å². The first-order chi connectivity index (χ1) is 14.8. The molecule has 1 aliphatic heterocycles. The number of carbonyl (C=O) groups is 1. The van der Waals surface area contributed by atoms with E-state index in [0.29, 0.717) is 17.6 Å². The molecule has 1 N–H and O–H groups in total. The highest BCUT2D eigenvalue weighted by Gasteiger charge is 2.23. The fraction of sp³-hybridized carbons (Fsp3) is 0.261. The van der Waals surface area contributed by atoms with Crippen LogP contribution in [0.15, 0.2) is 67.4 Å². The van der Waals surface area contributed by atoms with Crippen molar-refractivity contribution in [2.24, 2.45) is 5.92 Å². The summed E-state index contributed by atoms with van der Waals surface area (Å²) in [6.07, 6.45) is 12.9. The lowest BCUT2D eigenvalue weighted by Crippen LogP contribution is -2.39. The quantitative estimate of drug-likeness (QED) is 0.638. The van der Waals surface area contributed by atoms with Crippen LogP contribution in [0.5, 0.6) is 0 Å². The van der Waals surface area contributed by atoms with Crippen LogP contribution in [0.2, 0.25) is 0 Å². The van der Waals surface area contributed by atoms with Crippen molar-refractivity contribution in [3.63, 3.8) is 0 Å². The van der Waals surface area contributed by atoms with Crippen LogP contribution >= 0.6 is 0 Å². The molecule has 3 aromatic rings. The second kappa shape index (κ2) is 9.73. The van der Waals surface area contributed by atoms with Crippen LogP contribution in [-0.2, 0) is 11.2 Å². The second-order valence-electron chi connectivity index (χ2n) is 7.35. The zero-order valence-electron chi connectivity index (χ0n) is 16.7. The molecule has 0 aliphatic carbocycles. The molecule has 0 spiro atoms. The first-order valence-corrected chi connectivity index (χ1v) is 10.1. The van der Waals surface area contributed by atoms with Crippen LogP contribution in [0.1, 0.15) is 24.1 Å². The van der Waals surface area contributed by atoms with E-state index < -0.39 is 0 Å². The normalized spacial score (nSPS) is 16.5. The van der Waals surface area contributed by atoms with Gasteiger partial charge in [0.2, 0.25) is 5.91 Å². The number of aromatic nitrogens is 4. The molecule has 2 aromatic heterocycles. The number of anilines is 2. The topological polar surface area (TPSA) is 83.9 Å². The van der Waals surface area contributed by atoms with Crippen molar-refractivity contribution < 1.29 is 4.79 Å². The Bertz CT molecular complexity index is 993. The standard InChI is InChI=1S/C23H24N6O/c30-23(9-8-18-5-2-1-3-6-18)29-12-4-7-19(16-29)13-20-14-21(27-17-26-20)28-22-15-24-10-11-25-22/h1-3,5-6,8-11,14-15,17,19H,4,7,12-13,16H2,(H,25,26,27,28)/b9-8+/t19-/m1/s1. The van der Waals surface area contributed by atoms with E-state index in [9.17, 15) is 4.79 Å². The largest absolute Gasteiger partial charge is 0.339 e. The summed E-state index contributed by atoms with van der Waals surface area (Å²) < 4.78 is 0. The summed E-state index contributed by atoms with van der Waals surface area (Å²) in [5.74, 6) is 1.78. The van der Waals surface area contributed by atoms with Crippen molar-refractivity contribution >= 4 is 23.6 Å². The summed E-state index contributed by atoms with van der Waals surface area (Å²) >= 11 is 0. The number of likely N-dealkylation sites (tertiary alicyclic amines) is 1. The van der Waals surface area contributed by atoms with E-state index in [4.69, 9.17) is 0 Å². The molecule has 1 atom stereocenters. The third-order valence-electron chi connectivity index (χ3n) is 5.09. The SMILES string of the molecule is O=C(/C=C/c1ccccc1)N1CCC[C@H](Cc2cc(Nc3cnccn3)ncn2)C1. The predicted octanol–water partition coefficient (Wildman–Crippen LogP) is 3.50. The lowest BCUT2D eigenvalue weighted by Gasteiger charge is -2.32. The molecule has 3 heterocycles. The molecule has 0 radical (unpaired) electrons. The van der Waals surface area contributed by atoms with Crippen molar-refractivity contribution in [2.75, 3.05) is 18.4 Å². The predicted molar refractivity (Wildman–Crippen MR) is 116 cm³/mol. The first kappa shape index (κ1) is 19.7. The highest BCUT2D eigenvalue weighted by atomic mass is 16.2. The second-order valence-corrected chi connectivity index (χ2v) is 7.35. The Morgan fingerprint density at radius 3 is 2.87 bits per heavy atom. The van der Waals surface area contributed by atoms with Gasteiger partial charge in [-0.1, -0.05) is 30.3 Å². The molecule has 1 fully saturated rings. The molecule has 7 nitrogen and oxygen atoms in total. The van der Waals surface area contributed by atoms with Crippen molar-refractivity contribution in [2.45, 2.75) is 19.3 Å². The Morgan fingerprint density at radius 2 is 2.03 bits per heavy atom. The molecule has 1 aromatic carbocycles. The summed E-state index contributed by atoms with van der Waals surface area (Å²) in [6, 6.07) is 11.8. The molecule has 0 unspecified atom stereocenters. The van der Waals surface area contributed by atoms with Gasteiger partial charge in [-0.25, -0.2) is 15.0 Å². The van der Waals surface area contributed by atoms with Gasteiger partial charge < -0.3 is 10.2 Å². The number of rotatable bonds is 6. The number of hydrogen-bond donors (Lipinski definition) is 1. The molecule has 1 amide bonds. The van der Waals surface area contributed by atoms with Crippen molar-refractivity contribution in [3.05, 3.63) is 78.6 Å². The monoisotopic (exact) mass is 400 g/mol. The van der Waals surface area contributed by atoms with Gasteiger partial charge in [0.15, 0.2) is 0 Å². The lowest BCUT2D eigenvalue weighted by molar-refractivity contribution is -0.127. The highest BCUT2D eigenvalue weighted by molar-refractivity contribution is 5.91. The number of carbonyl (C=O) groups excluding carboxylic acids is 1. The number of benzene rings is 1. The molecule has 152 valence electrons. The number of hydrogen-bond acceptors (Lipinski definition) is 6. The zero-order valence-corrected chi connectivity index (χ0v) is 16.7. The van der Waals surface area contributed by atoms with E-state index in [2.05, 4.69) is 25.3 Å². The zero-order chi connectivity index (χ0) is 20.6. The fourth-order valence-electron chi connectivity index (χ4n) is 3.64. The van der Waals surface area contributed by atoms with Gasteiger partial charge in [0.25, 0.3) is 0 Å². The van der Waals surface area contributed by atoms with E-state index in [-0.39, 0.29) is 5.91 Å². The maximum atomic E-state index is 12.6. The van der Waals surface area contributed by atoms with Gasteiger partial charge in [-0.05, 0) is 36.8 Å². The first-order valence-electron chi connectivity index (χ1n) is 10.1. The Labute approximate surface area is 175 Å². The number of piperidine rings is 1. The van der Waals surface area contributed by atoms with E-state index in [1.54, 1.807) is 31.0 Å². The van der Waals surface area contributed by atoms with Gasteiger partial charge in [0, 0.05) is 43.3 Å². The van der Waals surface area contributed by atoms with Crippen molar-refractivity contribution in [1.29, 1.82) is 0 Å². The molecular weight excluding hydrogens is 376 g/mol. The Hall–Kier alpha value is -3.61. The van der Waals surface area contributed by atoms with E-state index in [1.165, 1.54) is 0 Å². The minimum absolute atomic E-state index is 0.0660. The number of nitrogens with zero attached hydrogens (tertiary/aromatic N) is 5. The number of nitrogens with one attached hydrogen (secondary N) is 1. The fourth-order valence-corrected chi connectivity index (χ4v) is 3.64. The van der Waals surface area contributed by atoms with E-state index >= 15 is 0 Å². The van der Waals surface area contributed by atoms with E-state index in [1.807, 2.05) is 47.4 Å². The lowest BCUT2D eigenvalue weighted by atomic mass is 9.93. The number of amides is 1. The molecular formula is C23H24N6O. The summed E-state index contributed by atoms with van der Waals surface area (Å²) in [4.78, 5) is 31.5. The van der Waals surface area contributed by atoms with Gasteiger partial charge >= 0.3 is 0 Å². The molecule has 0 bridgehead atoms. The third-order valence-corrected chi connectivity index (χ3v) is 5.09. The summed E-state index contributed by atoms with van der Waals surface area (Å²) in [5.41, 5.74) is 1.99. The molecule has 0 saturated carbocycles. The molecule has 30 heavy (non-hydrogen) atoms. The third kappa shape index (κ3) is 5.47. The van der Waals surface area contributed by atoms with Crippen LogP contribution in [0.25, 0.3) is 6.08 Å². The molecule has 1 aliphatic rings. The van der Waals surface area contributed by atoms with Gasteiger partial charge in [-0.15, -0.1) is 0 Å². The maximum absolute atomic E-state index is 12.6. The van der Waals surface area contributed by atoms with Gasteiger partial charge in [0.1, 0.15) is 18.0 Å². The maximum Gasteiger partial charge on any atom is 0.246 e. The van der Waals surface area contributed by atoms with Crippen LogP contribution in [0.3, 0.4) is 0 Å². The Morgan fingerprint density at radius 1 is 1.13 bits per heavy atom. The average molecular weight is 400 g/mol. The average Bonchev–Trinajstić information content (AvgIpc) is 2.79. The Balaban J connectivity index is 1.35. The van der Waals surface area contributed by atoms with Crippen LogP contribution in [0, 0.1) is 5.92 Å². The molecule has 1 saturated heterocycles. The van der Waals surface area contributed by atoms with Gasteiger partial charge in [-0.3, -0.25) is 9.78 Å². The smallest absolute Gasteiger partial charge is 0.246 e. The van der Waals surface area contributed by atoms with Crippen LogP contribution in [-0.4, -0.2) is 43.8 Å². The van der Waals surface area contributed by atoms with Crippen molar-refractivity contribution in [3.8, 4) is 0 Å². The van der Waals surface area contributed by atoms with Gasteiger partial charge in [-0.2, -0.15) is 0 Å². The van der Waals surface area contributed by atoms with E-state index in [0.717, 1.165) is 43.6 Å². The molecule has 4 rings (SSSR count). The van der Waals surface area contributed by atoms with Crippen molar-refractivity contribution in [1.82, 2.24) is 24.8 Å². The highest BCUT2D eigenvalue weighted by Crippen LogP contribution is 2.22. The molecule has 7 heteroatoms. The minimum atomic E-state index is 0.0660. The summed E-state index contributed by atoms with van der Waals surface area (Å²) in [5, 5.41) is 3.14. The summed E-state index contributed by atoms with van der Waals surface area (Å²) in [6.45, 7) is 1.55. The minimum Gasteiger partial charge on any atom is -0.339 e. The summed E-state index contributed by atoms with van der Waals surface area (Å²) in [7, 11) is 0. The Kier molecular flexibility index (Phi) is 6.39. The van der Waals surface area contributed by atoms with Crippen LogP contribution < -0.4 is 5.32 Å². The van der Waals surface area contributed by atoms with Crippen LogP contribution in [0.4, 0.5) is 11.6 Å².